The van der Waals surface area contributed by atoms with Gasteiger partial charge in [-0.2, -0.15) is 0 Å². The summed E-state index contributed by atoms with van der Waals surface area (Å²) in [6.45, 7) is -0.128. The lowest BCUT2D eigenvalue weighted by molar-refractivity contribution is -0.696. The molecular weight excluding hydrogens is 318 g/mol. The summed E-state index contributed by atoms with van der Waals surface area (Å²) in [6.07, 6.45) is 0.981. The third kappa shape index (κ3) is 2.34. The van der Waals surface area contributed by atoms with Gasteiger partial charge in [0, 0.05) is 6.42 Å². The Morgan fingerprint density at radius 2 is 2.08 bits per heavy atom. The predicted octanol–water partition coefficient (Wildman–Crippen LogP) is -2.49. The molecule has 2 aliphatic rings. The number of anilines is 1. The first-order valence-electron chi connectivity index (χ1n) is 7.87. The number of hydrogen-bond acceptors (Lipinski definition) is 8. The van der Waals surface area contributed by atoms with Crippen molar-refractivity contribution in [1.29, 1.82) is 0 Å². The fourth-order valence-corrected chi connectivity index (χ4v) is 3.29. The minimum atomic E-state index is -0.739. The van der Waals surface area contributed by atoms with E-state index in [9.17, 15) is 20.4 Å². The molecule has 10 heteroatoms. The van der Waals surface area contributed by atoms with E-state index >= 15 is 0 Å². The molecule has 5 atom stereocenters. The standard InChI is InChI=1S/C14H19N5O5/c20-3-7-9(23)2-18-5-16-13-12(14(18)17-7)15-6-19(13)11-1-8(22)10(4-21)24-11/h5-11,20-23H,1-4H2/p+1/t7-,8+,9+,10-,11-/m1/s1. The van der Waals surface area contributed by atoms with Crippen molar-refractivity contribution in [1.82, 2.24) is 14.5 Å². The van der Waals surface area contributed by atoms with Crippen molar-refractivity contribution in [2.45, 2.75) is 43.5 Å². The topological polar surface area (TPSA) is 137 Å². The summed E-state index contributed by atoms with van der Waals surface area (Å²) < 4.78 is 9.12. The first kappa shape index (κ1) is 15.7. The Bertz CT molecular complexity index is 752. The summed E-state index contributed by atoms with van der Waals surface area (Å²) in [6, 6.07) is -0.468. The van der Waals surface area contributed by atoms with Gasteiger partial charge in [-0.15, -0.1) is 0 Å². The number of ether oxygens (including phenoxy) is 1. The van der Waals surface area contributed by atoms with Crippen LogP contribution in [0, 0.1) is 0 Å². The molecule has 0 bridgehead atoms. The Morgan fingerprint density at radius 3 is 2.79 bits per heavy atom. The van der Waals surface area contributed by atoms with E-state index in [1.165, 1.54) is 0 Å². The second-order valence-corrected chi connectivity index (χ2v) is 6.19. The molecule has 0 aliphatic carbocycles. The van der Waals surface area contributed by atoms with E-state index in [0.717, 1.165) is 0 Å². The van der Waals surface area contributed by atoms with Crippen LogP contribution in [0.3, 0.4) is 0 Å². The van der Waals surface area contributed by atoms with Gasteiger partial charge in [-0.25, -0.2) is 9.55 Å². The van der Waals surface area contributed by atoms with Crippen LogP contribution < -0.4 is 9.88 Å². The summed E-state index contributed by atoms with van der Waals surface area (Å²) in [5.74, 6) is 0.667. The summed E-state index contributed by atoms with van der Waals surface area (Å²) >= 11 is 0. The number of hydrogen-bond donors (Lipinski definition) is 5. The maximum atomic E-state index is 9.98. The van der Waals surface area contributed by atoms with Gasteiger partial charge in [0.2, 0.25) is 12.0 Å². The first-order chi connectivity index (χ1) is 11.6. The van der Waals surface area contributed by atoms with E-state index in [1.54, 1.807) is 21.8 Å². The van der Waals surface area contributed by atoms with Crippen molar-refractivity contribution in [3.63, 3.8) is 0 Å². The fourth-order valence-electron chi connectivity index (χ4n) is 3.29. The molecule has 2 aromatic rings. The van der Waals surface area contributed by atoms with E-state index in [-0.39, 0.29) is 13.2 Å². The number of nitrogens with one attached hydrogen (secondary N) is 1. The third-order valence-corrected chi connectivity index (χ3v) is 4.66. The second kappa shape index (κ2) is 5.90. The van der Waals surface area contributed by atoms with Crippen LogP contribution in [0.1, 0.15) is 12.6 Å². The Kier molecular flexibility index (Phi) is 3.85. The van der Waals surface area contributed by atoms with Crippen molar-refractivity contribution < 1.29 is 29.7 Å². The van der Waals surface area contributed by atoms with Crippen LogP contribution in [0.25, 0.3) is 11.2 Å². The van der Waals surface area contributed by atoms with Crippen LogP contribution in [0.4, 0.5) is 5.82 Å². The van der Waals surface area contributed by atoms with Crippen LogP contribution in [-0.4, -0.2) is 72.5 Å². The molecule has 1 saturated heterocycles. The lowest BCUT2D eigenvalue weighted by Gasteiger charge is -2.26. The number of rotatable bonds is 3. The fraction of sp³-hybridized carbons (Fsp3) is 0.643. The maximum absolute atomic E-state index is 9.98. The van der Waals surface area contributed by atoms with E-state index in [0.29, 0.717) is 29.9 Å². The molecule has 4 rings (SSSR count). The minimum Gasteiger partial charge on any atom is -0.394 e. The second-order valence-electron chi connectivity index (χ2n) is 6.19. The molecule has 1 fully saturated rings. The van der Waals surface area contributed by atoms with Gasteiger partial charge in [-0.05, 0) is 0 Å². The summed E-state index contributed by atoms with van der Waals surface area (Å²) in [4.78, 5) is 8.76. The van der Waals surface area contributed by atoms with Crippen LogP contribution in [0.2, 0.25) is 0 Å². The van der Waals surface area contributed by atoms with Crippen LogP contribution in [-0.2, 0) is 11.3 Å². The number of imidazole rings is 1. The van der Waals surface area contributed by atoms with Crippen molar-refractivity contribution in [3.05, 3.63) is 12.7 Å². The SMILES string of the molecule is OC[C@H]1Nc2c3ncn([C@H]4C[C@H](O)[C@@H](CO)O4)c3nc[n+]2C[C@@H]1O. The molecule has 5 N–H and O–H groups in total. The van der Waals surface area contributed by atoms with Crippen molar-refractivity contribution in [2.24, 2.45) is 0 Å². The number of fused-ring (bicyclic) bond motifs is 3. The largest absolute Gasteiger partial charge is 0.394 e. The lowest BCUT2D eigenvalue weighted by Crippen LogP contribution is -2.56. The zero-order valence-electron chi connectivity index (χ0n) is 12.9. The minimum absolute atomic E-state index is 0.193. The van der Waals surface area contributed by atoms with Crippen molar-refractivity contribution in [3.8, 4) is 0 Å². The van der Waals surface area contributed by atoms with Gasteiger partial charge in [0.25, 0.3) is 5.82 Å². The molecule has 0 aromatic carbocycles. The van der Waals surface area contributed by atoms with Gasteiger partial charge in [0.15, 0.2) is 5.52 Å². The number of aromatic nitrogens is 4. The van der Waals surface area contributed by atoms with E-state index in [1.807, 2.05) is 0 Å². The molecule has 0 amide bonds. The number of nitrogens with zero attached hydrogens (tertiary/aromatic N) is 4. The molecule has 0 unspecified atom stereocenters. The monoisotopic (exact) mass is 338 g/mol. The summed E-state index contributed by atoms with van der Waals surface area (Å²) in [5.41, 5.74) is 1.16. The van der Waals surface area contributed by atoms with E-state index < -0.39 is 30.6 Å². The van der Waals surface area contributed by atoms with Crippen LogP contribution >= 0.6 is 0 Å². The normalized spacial score (nSPS) is 32.8. The van der Waals surface area contributed by atoms with Gasteiger partial charge in [-0.3, -0.25) is 9.88 Å². The summed E-state index contributed by atoms with van der Waals surface area (Å²) in [5, 5.41) is 41.6. The molecule has 4 heterocycles. The molecule has 0 saturated carbocycles. The first-order valence-corrected chi connectivity index (χ1v) is 7.87. The van der Waals surface area contributed by atoms with Gasteiger partial charge in [-0.1, -0.05) is 4.98 Å². The van der Waals surface area contributed by atoms with Crippen LogP contribution in [0.15, 0.2) is 12.7 Å². The van der Waals surface area contributed by atoms with Gasteiger partial charge in [0.1, 0.15) is 37.3 Å². The number of aliphatic hydroxyl groups is 4. The average molecular weight is 338 g/mol. The molecule has 2 aliphatic heterocycles. The maximum Gasteiger partial charge on any atom is 0.253 e. The molecule has 24 heavy (non-hydrogen) atoms. The highest BCUT2D eigenvalue weighted by Crippen LogP contribution is 2.31. The number of aliphatic hydroxyl groups excluding tert-OH is 4. The predicted molar refractivity (Wildman–Crippen MR) is 79.8 cm³/mol. The van der Waals surface area contributed by atoms with Crippen molar-refractivity contribution in [2.75, 3.05) is 18.5 Å². The zero-order chi connectivity index (χ0) is 16.8. The van der Waals surface area contributed by atoms with E-state index in [4.69, 9.17) is 4.74 Å². The smallest absolute Gasteiger partial charge is 0.253 e. The van der Waals surface area contributed by atoms with Gasteiger partial charge < -0.3 is 25.2 Å². The molecule has 0 spiro atoms. The summed E-state index contributed by atoms with van der Waals surface area (Å²) in [7, 11) is 0. The quantitative estimate of drug-likeness (QED) is 0.388. The molecule has 130 valence electrons. The Balaban J connectivity index is 1.72. The van der Waals surface area contributed by atoms with Gasteiger partial charge in [0.05, 0.1) is 19.3 Å². The molecule has 0 radical (unpaired) electrons. The Hall–Kier alpha value is -1.85. The molecule has 2 aromatic heterocycles. The third-order valence-electron chi connectivity index (χ3n) is 4.66. The highest BCUT2D eigenvalue weighted by atomic mass is 16.5. The zero-order valence-corrected chi connectivity index (χ0v) is 12.9. The highest BCUT2D eigenvalue weighted by Gasteiger charge is 2.37. The van der Waals surface area contributed by atoms with Crippen molar-refractivity contribution >= 4 is 17.0 Å². The van der Waals surface area contributed by atoms with Crippen LogP contribution in [0.5, 0.6) is 0 Å². The van der Waals surface area contributed by atoms with Gasteiger partial charge >= 0.3 is 0 Å². The molecular formula is C14H20N5O5+. The van der Waals surface area contributed by atoms with E-state index in [2.05, 4.69) is 15.3 Å². The average Bonchev–Trinajstić information content (AvgIpc) is 3.17. The Labute approximate surface area is 137 Å². The lowest BCUT2D eigenvalue weighted by atomic mass is 10.1. The molecule has 10 nitrogen and oxygen atoms in total. The highest BCUT2D eigenvalue weighted by molar-refractivity contribution is 5.81. The Morgan fingerprint density at radius 1 is 1.25 bits per heavy atom.